The van der Waals surface area contributed by atoms with E-state index in [1.54, 1.807) is 61.0 Å². The van der Waals surface area contributed by atoms with Crippen molar-refractivity contribution in [2.45, 2.75) is 19.4 Å². The van der Waals surface area contributed by atoms with Crippen molar-refractivity contribution in [3.05, 3.63) is 119 Å². The molecular weight excluding hydrogens is 540 g/mol. The second-order valence-electron chi connectivity index (χ2n) is 9.31. The number of fused-ring (bicyclic) bond motifs is 1. The number of nitrogens with zero attached hydrogens (tertiary/aromatic N) is 3. The highest BCUT2D eigenvalue weighted by Gasteiger charge is 2.25. The largest absolute Gasteiger partial charge is 0.495 e. The molecule has 0 aliphatic heterocycles. The molecule has 2 heterocycles. The Bertz CT molecular complexity index is 1640. The zero-order valence-electron chi connectivity index (χ0n) is 22.9. The van der Waals surface area contributed by atoms with Crippen LogP contribution >= 0.6 is 11.6 Å². The number of hydrogen-bond acceptors (Lipinski definition) is 7. The molecule has 1 amide bonds. The number of Topliss-reactive ketones (excluding diaryl/α,β-unsaturated/α-hetero) is 1. The van der Waals surface area contributed by atoms with Crippen LogP contribution in [0, 0.1) is 0 Å². The van der Waals surface area contributed by atoms with Crippen LogP contribution in [0.1, 0.15) is 28.4 Å². The van der Waals surface area contributed by atoms with Crippen molar-refractivity contribution in [2.75, 3.05) is 19.5 Å². The number of halogens is 1. The summed E-state index contributed by atoms with van der Waals surface area (Å²) in [6.07, 6.45) is 8.88. The van der Waals surface area contributed by atoms with Gasteiger partial charge in [-0.15, -0.1) is 0 Å². The number of hydrogen-bond donors (Lipinski definition) is 1. The summed E-state index contributed by atoms with van der Waals surface area (Å²) in [6, 6.07) is 17.4. The summed E-state index contributed by atoms with van der Waals surface area (Å²) in [5, 5.41) is 4.16. The van der Waals surface area contributed by atoms with Gasteiger partial charge < -0.3 is 15.0 Å². The van der Waals surface area contributed by atoms with E-state index in [1.807, 2.05) is 36.4 Å². The first kappa shape index (κ1) is 29.2. The third-order valence-electron chi connectivity index (χ3n) is 6.51. The molecule has 208 valence electrons. The quantitative estimate of drug-likeness (QED) is 0.0809. The minimum Gasteiger partial charge on any atom is -0.495 e. The van der Waals surface area contributed by atoms with Gasteiger partial charge in [-0.1, -0.05) is 41.9 Å². The van der Waals surface area contributed by atoms with E-state index in [2.05, 4.69) is 15.3 Å². The Morgan fingerprint density at radius 3 is 2.56 bits per heavy atom. The van der Waals surface area contributed by atoms with Crippen LogP contribution < -0.4 is 5.32 Å². The molecule has 1 atom stereocenters. The number of allylic oxidation sites excluding steroid dienone is 2. The van der Waals surface area contributed by atoms with E-state index in [-0.39, 0.29) is 17.4 Å². The molecule has 0 saturated heterocycles. The molecule has 4 aromatic rings. The van der Waals surface area contributed by atoms with E-state index in [0.29, 0.717) is 40.1 Å². The number of aldehydes is 1. The first-order valence-corrected chi connectivity index (χ1v) is 13.2. The number of benzene rings is 2. The maximum atomic E-state index is 13.7. The molecule has 0 bridgehead atoms. The standard InChI is InChI=1S/C32H29ClN4O4/c1-21(39)26-10-9-24(33)17-28(26)27(12-14-38)31(41-3)20-37(2)30(15-22-7-5-4-6-8-22)32(40)36-25-16-23-18-34-13-11-29(23)35-19-25/h4-14,16-20,30H,15H2,1-3H3,(H,36,40)/b27-12-,31-20+. The first-order chi connectivity index (χ1) is 19.8. The van der Waals surface area contributed by atoms with Gasteiger partial charge in [0.1, 0.15) is 18.1 Å². The number of rotatable bonds is 11. The first-order valence-electron chi connectivity index (χ1n) is 12.8. The molecule has 2 aromatic carbocycles. The van der Waals surface area contributed by atoms with Crippen LogP contribution in [0.5, 0.6) is 0 Å². The predicted molar refractivity (Wildman–Crippen MR) is 160 cm³/mol. The Kier molecular flexibility index (Phi) is 9.60. The van der Waals surface area contributed by atoms with Gasteiger partial charge in [0.05, 0.1) is 24.5 Å². The Hall–Kier alpha value is -4.82. The number of nitrogens with one attached hydrogen (secondary N) is 1. The number of methoxy groups -OCH3 is 1. The van der Waals surface area contributed by atoms with Crippen molar-refractivity contribution in [1.29, 1.82) is 0 Å². The van der Waals surface area contributed by atoms with Gasteiger partial charge in [0, 0.05) is 53.6 Å². The number of ether oxygens (including phenoxy) is 1. The Labute approximate surface area is 243 Å². The van der Waals surface area contributed by atoms with Crippen molar-refractivity contribution >= 4 is 51.7 Å². The van der Waals surface area contributed by atoms with Crippen LogP contribution in [0.15, 0.2) is 97.3 Å². The van der Waals surface area contributed by atoms with E-state index in [9.17, 15) is 14.4 Å². The lowest BCUT2D eigenvalue weighted by molar-refractivity contribution is -0.120. The lowest BCUT2D eigenvalue weighted by atomic mass is 9.95. The summed E-state index contributed by atoms with van der Waals surface area (Å²) in [5.74, 6) is -0.201. The maximum absolute atomic E-state index is 13.7. The van der Waals surface area contributed by atoms with Crippen molar-refractivity contribution in [3.63, 3.8) is 0 Å². The Morgan fingerprint density at radius 1 is 1.07 bits per heavy atom. The molecule has 0 aliphatic carbocycles. The third-order valence-corrected chi connectivity index (χ3v) is 6.74. The highest BCUT2D eigenvalue weighted by molar-refractivity contribution is 6.31. The number of ketones is 1. The molecule has 0 radical (unpaired) electrons. The number of aromatic nitrogens is 2. The number of carbonyl (C=O) groups excluding carboxylic acids is 3. The van der Waals surface area contributed by atoms with Crippen LogP contribution in [-0.4, -0.2) is 53.0 Å². The van der Waals surface area contributed by atoms with Gasteiger partial charge >= 0.3 is 0 Å². The summed E-state index contributed by atoms with van der Waals surface area (Å²) < 4.78 is 5.70. The lowest BCUT2D eigenvalue weighted by Crippen LogP contribution is -2.41. The molecule has 41 heavy (non-hydrogen) atoms. The van der Waals surface area contributed by atoms with Gasteiger partial charge in [0.15, 0.2) is 5.78 Å². The molecule has 1 N–H and O–H groups in total. The van der Waals surface area contributed by atoms with E-state index < -0.39 is 6.04 Å². The fourth-order valence-electron chi connectivity index (χ4n) is 4.45. The van der Waals surface area contributed by atoms with E-state index >= 15 is 0 Å². The molecule has 0 saturated carbocycles. The van der Waals surface area contributed by atoms with Gasteiger partial charge in [-0.05, 0) is 54.5 Å². The summed E-state index contributed by atoms with van der Waals surface area (Å²) in [6.45, 7) is 1.44. The highest BCUT2D eigenvalue weighted by Crippen LogP contribution is 2.30. The van der Waals surface area contributed by atoms with Crippen molar-refractivity contribution < 1.29 is 19.1 Å². The summed E-state index contributed by atoms with van der Waals surface area (Å²) in [5.41, 5.74) is 3.43. The zero-order chi connectivity index (χ0) is 29.4. The minimum atomic E-state index is -0.684. The van der Waals surface area contributed by atoms with E-state index in [0.717, 1.165) is 16.5 Å². The van der Waals surface area contributed by atoms with Crippen molar-refractivity contribution in [3.8, 4) is 0 Å². The lowest BCUT2D eigenvalue weighted by Gasteiger charge is -2.27. The van der Waals surface area contributed by atoms with Crippen molar-refractivity contribution in [1.82, 2.24) is 14.9 Å². The zero-order valence-corrected chi connectivity index (χ0v) is 23.6. The van der Waals surface area contributed by atoms with Crippen LogP contribution in [0.4, 0.5) is 5.69 Å². The van der Waals surface area contributed by atoms with Crippen LogP contribution in [-0.2, 0) is 20.7 Å². The van der Waals surface area contributed by atoms with Gasteiger partial charge in [-0.3, -0.25) is 24.4 Å². The van der Waals surface area contributed by atoms with Gasteiger partial charge in [0.2, 0.25) is 5.91 Å². The topological polar surface area (TPSA) is 101 Å². The van der Waals surface area contributed by atoms with Gasteiger partial charge in [-0.2, -0.15) is 0 Å². The number of likely N-dealkylation sites (N-methyl/N-ethyl adjacent to an activating group) is 1. The molecule has 1 unspecified atom stereocenters. The van der Waals surface area contributed by atoms with Crippen LogP contribution in [0.25, 0.3) is 16.5 Å². The Balaban J connectivity index is 1.72. The molecular formula is C32H29ClN4O4. The average Bonchev–Trinajstić information content (AvgIpc) is 2.97. The predicted octanol–water partition coefficient (Wildman–Crippen LogP) is 5.74. The smallest absolute Gasteiger partial charge is 0.247 e. The molecule has 0 aliphatic rings. The number of carbonyl (C=O) groups is 3. The number of amides is 1. The Morgan fingerprint density at radius 2 is 1.85 bits per heavy atom. The third kappa shape index (κ3) is 7.23. The number of anilines is 1. The monoisotopic (exact) mass is 568 g/mol. The SMILES string of the molecule is COC(=C/N(C)C(Cc1ccccc1)C(=O)Nc1cnc2ccncc2c1)/C(=C\C=O)c1cc(Cl)ccc1C(C)=O. The maximum Gasteiger partial charge on any atom is 0.247 e. The van der Waals surface area contributed by atoms with E-state index in [4.69, 9.17) is 16.3 Å². The second-order valence-corrected chi connectivity index (χ2v) is 9.75. The highest BCUT2D eigenvalue weighted by atomic mass is 35.5. The summed E-state index contributed by atoms with van der Waals surface area (Å²) >= 11 is 6.26. The normalized spacial score (nSPS) is 12.5. The van der Waals surface area contributed by atoms with Gasteiger partial charge in [-0.25, -0.2) is 0 Å². The molecule has 0 fully saturated rings. The van der Waals surface area contributed by atoms with Gasteiger partial charge in [0.25, 0.3) is 0 Å². The molecule has 8 nitrogen and oxygen atoms in total. The molecule has 4 rings (SSSR count). The molecule has 0 spiro atoms. The second kappa shape index (κ2) is 13.5. The minimum absolute atomic E-state index is 0.196. The fourth-order valence-corrected chi connectivity index (χ4v) is 4.62. The summed E-state index contributed by atoms with van der Waals surface area (Å²) in [4.78, 5) is 48.0. The summed E-state index contributed by atoms with van der Waals surface area (Å²) in [7, 11) is 3.20. The fraction of sp³-hybridized carbons (Fsp3) is 0.156. The van der Waals surface area contributed by atoms with E-state index in [1.165, 1.54) is 20.1 Å². The molecule has 9 heteroatoms. The molecule has 2 aromatic heterocycles. The number of pyridine rings is 2. The van der Waals surface area contributed by atoms with Crippen LogP contribution in [0.3, 0.4) is 0 Å². The van der Waals surface area contributed by atoms with Crippen LogP contribution in [0.2, 0.25) is 5.02 Å². The average molecular weight is 569 g/mol. The van der Waals surface area contributed by atoms with Crippen molar-refractivity contribution in [2.24, 2.45) is 0 Å².